The average molecular weight is 356 g/mol. The molecule has 1 atom stereocenters. The molecule has 3 rings (SSSR count). The van der Waals surface area contributed by atoms with Gasteiger partial charge in [-0.05, 0) is 24.5 Å². The maximum absolute atomic E-state index is 12.7. The highest BCUT2D eigenvalue weighted by Crippen LogP contribution is 2.15. The second-order valence-corrected chi connectivity index (χ2v) is 6.41. The summed E-state index contributed by atoms with van der Waals surface area (Å²) in [5, 5.41) is 2.89. The molecule has 1 N–H and O–H groups in total. The van der Waals surface area contributed by atoms with Gasteiger partial charge in [-0.1, -0.05) is 30.3 Å². The molecule has 1 aromatic heterocycles. The van der Waals surface area contributed by atoms with Crippen molar-refractivity contribution >= 4 is 11.8 Å². The van der Waals surface area contributed by atoms with Gasteiger partial charge in [0.05, 0.1) is 17.9 Å². The summed E-state index contributed by atoms with van der Waals surface area (Å²) in [6.45, 7) is 2.07. The second-order valence-electron chi connectivity index (χ2n) is 6.41. The molecule has 1 aromatic carbocycles. The summed E-state index contributed by atoms with van der Waals surface area (Å²) >= 11 is 0. The van der Waals surface area contributed by atoms with E-state index >= 15 is 0 Å². The Hall–Kier alpha value is -2.60. The monoisotopic (exact) mass is 356 g/mol. The van der Waals surface area contributed by atoms with Crippen molar-refractivity contribution in [3.8, 4) is 0 Å². The molecule has 0 saturated carbocycles. The minimum atomic E-state index is -0.134. The molecule has 0 radical (unpaired) electrons. The first-order valence-corrected chi connectivity index (χ1v) is 8.96. The number of hydrogen-bond acceptors (Lipinski definition) is 4. The molecule has 1 aliphatic rings. The number of nitrogens with one attached hydrogen (secondary N) is 1. The normalized spacial score (nSPS) is 16.4. The van der Waals surface area contributed by atoms with E-state index in [1.807, 2.05) is 30.3 Å². The molecule has 2 amide bonds. The molecule has 0 spiro atoms. The fourth-order valence-corrected chi connectivity index (χ4v) is 3.00. The van der Waals surface area contributed by atoms with Crippen LogP contribution in [0.1, 0.15) is 35.2 Å². The van der Waals surface area contributed by atoms with Gasteiger partial charge in [-0.25, -0.2) is 0 Å². The summed E-state index contributed by atoms with van der Waals surface area (Å²) in [6.07, 6.45) is 5.15. The van der Waals surface area contributed by atoms with E-state index in [1.54, 1.807) is 11.0 Å². The van der Waals surface area contributed by atoms with Gasteiger partial charge >= 0.3 is 0 Å². The minimum Gasteiger partial charge on any atom is -0.472 e. The van der Waals surface area contributed by atoms with E-state index in [0.29, 0.717) is 25.2 Å². The number of benzene rings is 1. The lowest BCUT2D eigenvalue weighted by atomic mass is 10.2. The SMILES string of the molecule is O=C(CCN(C[C@H]1CCCO1)C(=O)c1ccoc1)NCc1ccccc1. The van der Waals surface area contributed by atoms with Crippen LogP contribution in [-0.2, 0) is 16.1 Å². The number of rotatable bonds is 8. The number of carbonyl (C=O) groups excluding carboxylic acids is 2. The van der Waals surface area contributed by atoms with E-state index in [2.05, 4.69) is 5.32 Å². The Morgan fingerprint density at radius 3 is 2.73 bits per heavy atom. The zero-order valence-corrected chi connectivity index (χ0v) is 14.7. The maximum atomic E-state index is 12.7. The molecule has 0 unspecified atom stereocenters. The summed E-state index contributed by atoms with van der Waals surface area (Å²) in [5.74, 6) is -0.212. The van der Waals surface area contributed by atoms with Crippen molar-refractivity contribution in [2.75, 3.05) is 19.7 Å². The van der Waals surface area contributed by atoms with Gasteiger partial charge in [-0.2, -0.15) is 0 Å². The summed E-state index contributed by atoms with van der Waals surface area (Å²) in [4.78, 5) is 26.5. The quantitative estimate of drug-likeness (QED) is 0.789. The average Bonchev–Trinajstić information content (AvgIpc) is 3.37. The number of ether oxygens (including phenoxy) is 1. The highest BCUT2D eigenvalue weighted by Gasteiger charge is 2.24. The van der Waals surface area contributed by atoms with Crippen LogP contribution in [0.2, 0.25) is 0 Å². The molecule has 2 heterocycles. The lowest BCUT2D eigenvalue weighted by Crippen LogP contribution is -2.39. The van der Waals surface area contributed by atoms with Crippen molar-refractivity contribution in [1.29, 1.82) is 0 Å². The molecule has 0 aliphatic carbocycles. The lowest BCUT2D eigenvalue weighted by Gasteiger charge is -2.25. The molecule has 1 aliphatic heterocycles. The van der Waals surface area contributed by atoms with Crippen molar-refractivity contribution in [2.45, 2.75) is 31.9 Å². The van der Waals surface area contributed by atoms with Crippen molar-refractivity contribution in [3.63, 3.8) is 0 Å². The van der Waals surface area contributed by atoms with Crippen molar-refractivity contribution < 1.29 is 18.7 Å². The third-order valence-electron chi connectivity index (χ3n) is 4.44. The molecule has 2 aromatic rings. The fourth-order valence-electron chi connectivity index (χ4n) is 3.00. The Balaban J connectivity index is 1.52. The van der Waals surface area contributed by atoms with E-state index in [1.165, 1.54) is 12.5 Å². The van der Waals surface area contributed by atoms with E-state index in [4.69, 9.17) is 9.15 Å². The Morgan fingerprint density at radius 1 is 1.19 bits per heavy atom. The first-order valence-electron chi connectivity index (χ1n) is 8.96. The van der Waals surface area contributed by atoms with Gasteiger partial charge in [-0.3, -0.25) is 9.59 Å². The van der Waals surface area contributed by atoms with Crippen LogP contribution in [0, 0.1) is 0 Å². The molecular weight excluding hydrogens is 332 g/mol. The number of nitrogens with zero attached hydrogens (tertiary/aromatic N) is 1. The van der Waals surface area contributed by atoms with Crippen LogP contribution in [0.5, 0.6) is 0 Å². The number of hydrogen-bond donors (Lipinski definition) is 1. The van der Waals surface area contributed by atoms with Gasteiger partial charge in [0.2, 0.25) is 5.91 Å². The summed E-state index contributed by atoms with van der Waals surface area (Å²) in [7, 11) is 0. The van der Waals surface area contributed by atoms with Gasteiger partial charge in [0, 0.05) is 32.7 Å². The summed E-state index contributed by atoms with van der Waals surface area (Å²) < 4.78 is 10.7. The molecule has 138 valence electrons. The van der Waals surface area contributed by atoms with Crippen LogP contribution < -0.4 is 5.32 Å². The second kappa shape index (κ2) is 9.20. The van der Waals surface area contributed by atoms with E-state index < -0.39 is 0 Å². The predicted molar refractivity (Wildman–Crippen MR) is 96.5 cm³/mol. The number of furan rings is 1. The van der Waals surface area contributed by atoms with Crippen LogP contribution in [0.25, 0.3) is 0 Å². The van der Waals surface area contributed by atoms with Crippen LogP contribution in [-0.4, -0.2) is 42.5 Å². The van der Waals surface area contributed by atoms with Crippen LogP contribution in [0.4, 0.5) is 0 Å². The maximum Gasteiger partial charge on any atom is 0.257 e. The molecule has 6 heteroatoms. The molecular formula is C20H24N2O4. The van der Waals surface area contributed by atoms with E-state index in [-0.39, 0.29) is 24.3 Å². The van der Waals surface area contributed by atoms with Crippen molar-refractivity contribution in [3.05, 3.63) is 60.1 Å². The highest BCUT2D eigenvalue weighted by atomic mass is 16.5. The Morgan fingerprint density at radius 2 is 2.04 bits per heavy atom. The molecule has 26 heavy (non-hydrogen) atoms. The molecule has 1 fully saturated rings. The van der Waals surface area contributed by atoms with Crippen LogP contribution in [0.15, 0.2) is 53.3 Å². The highest BCUT2D eigenvalue weighted by molar-refractivity contribution is 5.94. The van der Waals surface area contributed by atoms with Gasteiger partial charge < -0.3 is 19.4 Å². The van der Waals surface area contributed by atoms with E-state index in [9.17, 15) is 9.59 Å². The third-order valence-corrected chi connectivity index (χ3v) is 4.44. The lowest BCUT2D eigenvalue weighted by molar-refractivity contribution is -0.121. The number of carbonyl (C=O) groups is 2. The topological polar surface area (TPSA) is 71.8 Å². The first-order chi connectivity index (χ1) is 12.7. The Kier molecular flexibility index (Phi) is 6.44. The number of amides is 2. The van der Waals surface area contributed by atoms with Crippen molar-refractivity contribution in [1.82, 2.24) is 10.2 Å². The van der Waals surface area contributed by atoms with Crippen LogP contribution in [0.3, 0.4) is 0 Å². The Bertz CT molecular complexity index is 694. The standard InChI is InChI=1S/C20H24N2O4/c23-19(21-13-16-5-2-1-3-6-16)8-10-22(14-18-7-4-11-26-18)20(24)17-9-12-25-15-17/h1-3,5-6,9,12,15,18H,4,7-8,10-11,13-14H2,(H,21,23)/t18-/m1/s1. The van der Waals surface area contributed by atoms with Crippen molar-refractivity contribution in [2.24, 2.45) is 0 Å². The largest absolute Gasteiger partial charge is 0.472 e. The zero-order chi connectivity index (χ0) is 18.2. The van der Waals surface area contributed by atoms with Gasteiger partial charge in [0.25, 0.3) is 5.91 Å². The summed E-state index contributed by atoms with van der Waals surface area (Å²) in [5.41, 5.74) is 1.54. The molecule has 1 saturated heterocycles. The molecule has 6 nitrogen and oxygen atoms in total. The van der Waals surface area contributed by atoms with Gasteiger partial charge in [0.15, 0.2) is 0 Å². The third kappa shape index (κ3) is 5.20. The van der Waals surface area contributed by atoms with Gasteiger partial charge in [0.1, 0.15) is 6.26 Å². The zero-order valence-electron chi connectivity index (χ0n) is 14.7. The molecule has 0 bridgehead atoms. The minimum absolute atomic E-state index is 0.0400. The predicted octanol–water partition coefficient (Wildman–Crippen LogP) is 2.61. The van der Waals surface area contributed by atoms with Gasteiger partial charge in [-0.15, -0.1) is 0 Å². The smallest absolute Gasteiger partial charge is 0.257 e. The first kappa shape index (κ1) is 18.2. The van der Waals surface area contributed by atoms with E-state index in [0.717, 1.165) is 25.0 Å². The van der Waals surface area contributed by atoms with Crippen LogP contribution >= 0.6 is 0 Å². The summed E-state index contributed by atoms with van der Waals surface area (Å²) in [6, 6.07) is 11.4. The fraction of sp³-hybridized carbons (Fsp3) is 0.400. The Labute approximate surface area is 153 Å².